The van der Waals surface area contributed by atoms with E-state index in [4.69, 9.17) is 39.5 Å². The first kappa shape index (κ1) is 24.4. The van der Waals surface area contributed by atoms with Gasteiger partial charge < -0.3 is 10.1 Å². The molecule has 0 unspecified atom stereocenters. The number of nitrogens with one attached hydrogen (secondary N) is 1. The summed E-state index contributed by atoms with van der Waals surface area (Å²) in [6, 6.07) is 17.2. The van der Waals surface area contributed by atoms with E-state index in [1.54, 1.807) is 42.5 Å². The number of halogens is 3. The van der Waals surface area contributed by atoms with E-state index in [0.717, 1.165) is 4.31 Å². The third-order valence-corrected chi connectivity index (χ3v) is 7.31. The van der Waals surface area contributed by atoms with E-state index in [0.29, 0.717) is 32.1 Å². The van der Waals surface area contributed by atoms with Crippen LogP contribution in [0.25, 0.3) is 0 Å². The van der Waals surface area contributed by atoms with E-state index in [-0.39, 0.29) is 11.4 Å². The van der Waals surface area contributed by atoms with Gasteiger partial charge >= 0.3 is 0 Å². The van der Waals surface area contributed by atoms with Crippen LogP contribution in [0.4, 0.5) is 5.69 Å². The summed E-state index contributed by atoms with van der Waals surface area (Å²) in [5.41, 5.74) is 0.890. The fraction of sp³-hybridized carbons (Fsp3) is 0.136. The lowest BCUT2D eigenvalue weighted by Crippen LogP contribution is -2.37. The van der Waals surface area contributed by atoms with Crippen LogP contribution in [0.3, 0.4) is 0 Å². The van der Waals surface area contributed by atoms with Gasteiger partial charge in [0.25, 0.3) is 0 Å². The Balaban J connectivity index is 1.90. The van der Waals surface area contributed by atoms with Crippen molar-refractivity contribution in [3.8, 4) is 5.75 Å². The summed E-state index contributed by atoms with van der Waals surface area (Å²) in [7, 11) is -2.54. The zero-order valence-electron chi connectivity index (χ0n) is 16.9. The SMILES string of the molecule is COc1ccc(NC(=O)CN(Cc2c(Cl)cccc2Cl)S(=O)(=O)c2ccc(Cl)cc2)cc1. The molecular weight excluding hydrogens is 495 g/mol. The second kappa shape index (κ2) is 10.6. The van der Waals surface area contributed by atoms with Crippen LogP contribution in [-0.2, 0) is 21.4 Å². The third kappa shape index (κ3) is 5.94. The van der Waals surface area contributed by atoms with Crippen molar-refractivity contribution >= 4 is 56.4 Å². The molecule has 0 atom stereocenters. The van der Waals surface area contributed by atoms with Crippen LogP contribution < -0.4 is 10.1 Å². The quantitative estimate of drug-likeness (QED) is 0.432. The first-order valence-corrected chi connectivity index (χ1v) is 11.9. The van der Waals surface area contributed by atoms with Gasteiger partial charge in [-0.05, 0) is 60.7 Å². The molecule has 0 fully saturated rings. The van der Waals surface area contributed by atoms with Gasteiger partial charge in [-0.25, -0.2) is 8.42 Å². The molecule has 0 aliphatic carbocycles. The number of sulfonamides is 1. The Labute approximate surface area is 201 Å². The molecule has 32 heavy (non-hydrogen) atoms. The second-order valence-electron chi connectivity index (χ2n) is 6.70. The number of ether oxygens (including phenoxy) is 1. The summed E-state index contributed by atoms with van der Waals surface area (Å²) < 4.78 is 32.8. The zero-order valence-corrected chi connectivity index (χ0v) is 20.0. The van der Waals surface area contributed by atoms with Crippen LogP contribution in [-0.4, -0.2) is 32.3 Å². The number of carbonyl (C=O) groups excluding carboxylic acids is 1. The first-order valence-electron chi connectivity index (χ1n) is 9.33. The van der Waals surface area contributed by atoms with Crippen LogP contribution in [0, 0.1) is 0 Å². The standard InChI is InChI=1S/C22H19Cl3N2O4S/c1-31-17-9-7-16(8-10-17)26-22(28)14-27(13-19-20(24)3-2-4-21(19)25)32(29,30)18-11-5-15(23)6-12-18/h2-12H,13-14H2,1H3,(H,26,28). The van der Waals surface area contributed by atoms with Gasteiger partial charge in [0.15, 0.2) is 0 Å². The fourth-order valence-electron chi connectivity index (χ4n) is 2.88. The molecule has 0 saturated heterocycles. The largest absolute Gasteiger partial charge is 0.497 e. The highest BCUT2D eigenvalue weighted by molar-refractivity contribution is 7.89. The molecule has 3 aromatic carbocycles. The predicted molar refractivity (Wildman–Crippen MR) is 127 cm³/mol. The molecule has 1 N–H and O–H groups in total. The number of nitrogens with zero attached hydrogens (tertiary/aromatic N) is 1. The second-order valence-corrected chi connectivity index (χ2v) is 9.89. The topological polar surface area (TPSA) is 75.7 Å². The van der Waals surface area contributed by atoms with Crippen molar-refractivity contribution in [2.75, 3.05) is 19.0 Å². The number of amides is 1. The molecule has 0 saturated carbocycles. The molecular formula is C22H19Cl3N2O4S. The molecule has 6 nitrogen and oxygen atoms in total. The van der Waals surface area contributed by atoms with Crippen LogP contribution in [0.2, 0.25) is 15.1 Å². The maximum Gasteiger partial charge on any atom is 0.243 e. The number of hydrogen-bond donors (Lipinski definition) is 1. The van der Waals surface area contributed by atoms with Gasteiger partial charge in [-0.15, -0.1) is 0 Å². The van der Waals surface area contributed by atoms with Crippen molar-refractivity contribution in [3.63, 3.8) is 0 Å². The van der Waals surface area contributed by atoms with Gasteiger partial charge in [-0.3, -0.25) is 4.79 Å². The summed E-state index contributed by atoms with van der Waals surface area (Å²) in [5.74, 6) is 0.0965. The number of benzene rings is 3. The predicted octanol–water partition coefficient (Wildman–Crippen LogP) is 5.49. The number of hydrogen-bond acceptors (Lipinski definition) is 4. The molecule has 0 aromatic heterocycles. The summed E-state index contributed by atoms with van der Waals surface area (Å²) in [6.07, 6.45) is 0. The van der Waals surface area contributed by atoms with Gasteiger partial charge in [0.2, 0.25) is 15.9 Å². The molecule has 0 spiro atoms. The Morgan fingerprint density at radius 1 is 0.938 bits per heavy atom. The van der Waals surface area contributed by atoms with E-state index >= 15 is 0 Å². The Hall–Kier alpha value is -2.29. The van der Waals surface area contributed by atoms with Gasteiger partial charge in [0.1, 0.15) is 5.75 Å². The van der Waals surface area contributed by atoms with Gasteiger partial charge in [-0.2, -0.15) is 4.31 Å². The summed E-state index contributed by atoms with van der Waals surface area (Å²) in [4.78, 5) is 12.7. The van der Waals surface area contributed by atoms with Crippen molar-refractivity contribution in [2.24, 2.45) is 0 Å². The Kier molecular flexibility index (Phi) is 8.03. The van der Waals surface area contributed by atoms with Gasteiger partial charge in [0.05, 0.1) is 18.6 Å². The molecule has 1 amide bonds. The maximum absolute atomic E-state index is 13.3. The highest BCUT2D eigenvalue weighted by Crippen LogP contribution is 2.28. The van der Waals surface area contributed by atoms with Crippen LogP contribution >= 0.6 is 34.8 Å². The summed E-state index contributed by atoms with van der Waals surface area (Å²) in [6.45, 7) is -0.655. The summed E-state index contributed by atoms with van der Waals surface area (Å²) >= 11 is 18.4. The van der Waals surface area contributed by atoms with E-state index in [9.17, 15) is 13.2 Å². The number of rotatable bonds is 8. The summed E-state index contributed by atoms with van der Waals surface area (Å²) in [5, 5.41) is 3.67. The van der Waals surface area contributed by atoms with Gasteiger partial charge in [0, 0.05) is 32.9 Å². The minimum absolute atomic E-state index is 0.0117. The molecule has 0 radical (unpaired) electrons. The number of anilines is 1. The first-order chi connectivity index (χ1) is 15.2. The van der Waals surface area contributed by atoms with Crippen molar-refractivity contribution in [2.45, 2.75) is 11.4 Å². The zero-order chi connectivity index (χ0) is 23.3. The molecule has 3 aromatic rings. The molecule has 0 bridgehead atoms. The number of methoxy groups -OCH3 is 1. The average molecular weight is 514 g/mol. The lowest BCUT2D eigenvalue weighted by Gasteiger charge is -2.23. The van der Waals surface area contributed by atoms with Crippen molar-refractivity contribution in [1.82, 2.24) is 4.31 Å². The lowest BCUT2D eigenvalue weighted by atomic mass is 10.2. The number of carbonyl (C=O) groups is 1. The van der Waals surface area contributed by atoms with Crippen LogP contribution in [0.5, 0.6) is 5.75 Å². The van der Waals surface area contributed by atoms with E-state index in [2.05, 4.69) is 5.32 Å². The monoisotopic (exact) mass is 512 g/mol. The van der Waals surface area contributed by atoms with Crippen molar-refractivity contribution in [1.29, 1.82) is 0 Å². The normalized spacial score (nSPS) is 11.4. The Morgan fingerprint density at radius 2 is 1.53 bits per heavy atom. The van der Waals surface area contributed by atoms with Crippen molar-refractivity contribution in [3.05, 3.63) is 87.4 Å². The molecule has 10 heteroatoms. The maximum atomic E-state index is 13.3. The van der Waals surface area contributed by atoms with E-state index in [1.165, 1.54) is 31.4 Å². The highest BCUT2D eigenvalue weighted by atomic mass is 35.5. The van der Waals surface area contributed by atoms with Crippen LogP contribution in [0.1, 0.15) is 5.56 Å². The van der Waals surface area contributed by atoms with Crippen LogP contribution in [0.15, 0.2) is 71.6 Å². The smallest absolute Gasteiger partial charge is 0.243 e. The fourth-order valence-corrected chi connectivity index (χ4v) is 4.88. The highest BCUT2D eigenvalue weighted by Gasteiger charge is 2.28. The Morgan fingerprint density at radius 3 is 2.09 bits per heavy atom. The minimum atomic E-state index is -4.07. The lowest BCUT2D eigenvalue weighted by molar-refractivity contribution is -0.116. The molecule has 3 rings (SSSR count). The molecule has 0 aliphatic heterocycles. The van der Waals surface area contributed by atoms with E-state index < -0.39 is 22.5 Å². The van der Waals surface area contributed by atoms with Crippen molar-refractivity contribution < 1.29 is 17.9 Å². The third-order valence-electron chi connectivity index (χ3n) is 4.54. The van der Waals surface area contributed by atoms with Gasteiger partial charge in [-0.1, -0.05) is 40.9 Å². The average Bonchev–Trinajstić information content (AvgIpc) is 2.76. The van der Waals surface area contributed by atoms with E-state index in [1.807, 2.05) is 0 Å². The Bertz CT molecular complexity index is 1180. The minimum Gasteiger partial charge on any atom is -0.497 e. The molecule has 0 aliphatic rings. The molecule has 168 valence electrons. The molecule has 0 heterocycles.